The fourth-order valence-corrected chi connectivity index (χ4v) is 5.04. The van der Waals surface area contributed by atoms with Gasteiger partial charge in [0.15, 0.2) is 0 Å². The van der Waals surface area contributed by atoms with Gasteiger partial charge < -0.3 is 36.8 Å². The smallest absolute Gasteiger partial charge is 0.303 e. The van der Waals surface area contributed by atoms with Gasteiger partial charge in [0.1, 0.15) is 18.1 Å². The van der Waals surface area contributed by atoms with Crippen LogP contribution in [0.15, 0.2) is 30.3 Å². The first-order chi connectivity index (χ1) is 22.2. The van der Waals surface area contributed by atoms with Gasteiger partial charge in [-0.05, 0) is 43.6 Å². The average molecular weight is 678 g/mol. The van der Waals surface area contributed by atoms with E-state index >= 15 is 0 Å². The Kier molecular flexibility index (Phi) is 21.4. The summed E-state index contributed by atoms with van der Waals surface area (Å²) in [5.41, 5.74) is 0.582. The summed E-state index contributed by atoms with van der Waals surface area (Å²) < 4.78 is 0. The standard InChI is InChI=1S/C34H55N5O8.CH4/c1-7-14-24(36-34(47)30(22(6)8-2)38-27(41)17-13-18-29(43)44)32(45)37-25(19-21(4)5)26(40)20-28(42)39-31(33(46)35-9-3)23-15-11-10-12-16-23;/h10-12,15-16,21-22,24-26,30-31,40H,7-9,13-14,17-20H2,1-6H3,(H,35,46)(H,36,47)(H,37,45)(H,38,41)(H,39,42)(H,43,44);1H4/t22-,24-,25-,26-,30-,31-;/m0./s1. The van der Waals surface area contributed by atoms with Crippen molar-refractivity contribution in [3.8, 4) is 0 Å². The van der Waals surface area contributed by atoms with Crippen molar-refractivity contribution in [1.82, 2.24) is 26.6 Å². The molecule has 0 heterocycles. The maximum Gasteiger partial charge on any atom is 0.303 e. The fraction of sp³-hybridized carbons (Fsp3) is 0.657. The number of likely N-dealkylation sites (N-methyl/N-ethyl adjacent to an activating group) is 1. The maximum atomic E-state index is 13.5. The third-order valence-corrected chi connectivity index (χ3v) is 7.78. The van der Waals surface area contributed by atoms with E-state index in [0.29, 0.717) is 31.4 Å². The molecule has 0 fully saturated rings. The van der Waals surface area contributed by atoms with E-state index in [0.717, 1.165) is 0 Å². The van der Waals surface area contributed by atoms with E-state index in [-0.39, 0.29) is 57.3 Å². The number of aliphatic carboxylic acids is 1. The first kappa shape index (κ1) is 44.0. The minimum absolute atomic E-state index is 0. The number of carboxylic acid groups (broad SMARTS) is 1. The first-order valence-electron chi connectivity index (χ1n) is 16.7. The molecule has 0 aromatic heterocycles. The number of carbonyl (C=O) groups is 6. The van der Waals surface area contributed by atoms with Gasteiger partial charge in [0.2, 0.25) is 29.5 Å². The number of aliphatic hydroxyl groups excluding tert-OH is 1. The van der Waals surface area contributed by atoms with E-state index < -0.39 is 59.9 Å². The van der Waals surface area contributed by atoms with Gasteiger partial charge in [-0.15, -0.1) is 0 Å². The second-order valence-corrected chi connectivity index (χ2v) is 12.3. The van der Waals surface area contributed by atoms with Crippen molar-refractivity contribution < 1.29 is 39.0 Å². The van der Waals surface area contributed by atoms with E-state index in [1.54, 1.807) is 44.2 Å². The van der Waals surface area contributed by atoms with Crippen molar-refractivity contribution in [3.63, 3.8) is 0 Å². The SMILES string of the molecule is C.CCC[C@H](NC(=O)[C@@H](NC(=O)CCCC(=O)O)[C@@H](C)CC)C(=O)N[C@@H](CC(C)C)[C@@H](O)CC(=O)N[C@H](C(=O)NCC)c1ccccc1. The van der Waals surface area contributed by atoms with E-state index in [2.05, 4.69) is 26.6 Å². The van der Waals surface area contributed by atoms with Crippen LogP contribution in [0.3, 0.4) is 0 Å². The number of amides is 5. The summed E-state index contributed by atoms with van der Waals surface area (Å²) in [6.07, 6.45) is -0.0168. The molecule has 0 aliphatic rings. The predicted molar refractivity (Wildman–Crippen MR) is 184 cm³/mol. The summed E-state index contributed by atoms with van der Waals surface area (Å²) in [5.74, 6) is -3.74. The lowest BCUT2D eigenvalue weighted by molar-refractivity contribution is -0.137. The lowest BCUT2D eigenvalue weighted by Crippen LogP contribution is -2.57. The highest BCUT2D eigenvalue weighted by Gasteiger charge is 2.32. The monoisotopic (exact) mass is 677 g/mol. The quantitative estimate of drug-likeness (QED) is 0.0970. The zero-order valence-electron chi connectivity index (χ0n) is 28.6. The van der Waals surface area contributed by atoms with Crippen LogP contribution in [0.25, 0.3) is 0 Å². The van der Waals surface area contributed by atoms with Crippen molar-refractivity contribution in [2.75, 3.05) is 6.54 Å². The zero-order chi connectivity index (χ0) is 35.5. The number of rotatable bonds is 22. The zero-order valence-corrected chi connectivity index (χ0v) is 28.6. The van der Waals surface area contributed by atoms with E-state index in [1.165, 1.54) is 0 Å². The van der Waals surface area contributed by atoms with Crippen molar-refractivity contribution >= 4 is 35.5 Å². The van der Waals surface area contributed by atoms with Crippen LogP contribution in [0.1, 0.15) is 112 Å². The summed E-state index contributed by atoms with van der Waals surface area (Å²) in [6.45, 7) is 11.5. The molecule has 1 rings (SSSR count). The number of hydrogen-bond donors (Lipinski definition) is 7. The van der Waals surface area contributed by atoms with Gasteiger partial charge in [0.05, 0.1) is 18.6 Å². The number of carbonyl (C=O) groups excluding carboxylic acids is 5. The summed E-state index contributed by atoms with van der Waals surface area (Å²) >= 11 is 0. The third-order valence-electron chi connectivity index (χ3n) is 7.78. The van der Waals surface area contributed by atoms with Gasteiger partial charge in [-0.1, -0.05) is 85.2 Å². The molecular formula is C35H59N5O8. The van der Waals surface area contributed by atoms with Crippen LogP contribution in [0.2, 0.25) is 0 Å². The Labute approximate surface area is 285 Å². The minimum atomic E-state index is -1.29. The van der Waals surface area contributed by atoms with Crippen LogP contribution in [0.5, 0.6) is 0 Å². The molecule has 272 valence electrons. The molecule has 13 nitrogen and oxygen atoms in total. The molecule has 0 saturated carbocycles. The molecule has 5 amide bonds. The highest BCUT2D eigenvalue weighted by molar-refractivity contribution is 5.92. The molecular weight excluding hydrogens is 618 g/mol. The second-order valence-electron chi connectivity index (χ2n) is 12.3. The molecule has 13 heteroatoms. The Bertz CT molecular complexity index is 1160. The van der Waals surface area contributed by atoms with Crippen LogP contribution < -0.4 is 26.6 Å². The van der Waals surface area contributed by atoms with Crippen molar-refractivity contribution in [2.24, 2.45) is 11.8 Å². The molecule has 0 bridgehead atoms. The largest absolute Gasteiger partial charge is 0.481 e. The van der Waals surface area contributed by atoms with Gasteiger partial charge in [-0.3, -0.25) is 28.8 Å². The summed E-state index contributed by atoms with van der Waals surface area (Å²) in [7, 11) is 0. The van der Waals surface area contributed by atoms with Crippen LogP contribution in [-0.4, -0.2) is 76.5 Å². The summed E-state index contributed by atoms with van der Waals surface area (Å²) in [4.78, 5) is 76.0. The van der Waals surface area contributed by atoms with Gasteiger partial charge in [0.25, 0.3) is 0 Å². The Morgan fingerprint density at radius 3 is 1.98 bits per heavy atom. The van der Waals surface area contributed by atoms with Gasteiger partial charge in [0, 0.05) is 19.4 Å². The maximum absolute atomic E-state index is 13.5. The lowest BCUT2D eigenvalue weighted by Gasteiger charge is -2.30. The highest BCUT2D eigenvalue weighted by atomic mass is 16.4. The van der Waals surface area contributed by atoms with E-state index in [1.807, 2.05) is 27.7 Å². The van der Waals surface area contributed by atoms with E-state index in [4.69, 9.17) is 5.11 Å². The van der Waals surface area contributed by atoms with Crippen LogP contribution >= 0.6 is 0 Å². The van der Waals surface area contributed by atoms with Crippen LogP contribution in [-0.2, 0) is 28.8 Å². The molecule has 0 aliphatic carbocycles. The molecule has 0 radical (unpaired) electrons. The Balaban J connectivity index is 0.0000221. The number of benzene rings is 1. The van der Waals surface area contributed by atoms with Crippen molar-refractivity contribution in [1.29, 1.82) is 0 Å². The normalized spacial score (nSPS) is 14.6. The molecule has 0 aliphatic heterocycles. The number of hydrogen-bond acceptors (Lipinski definition) is 7. The summed E-state index contributed by atoms with van der Waals surface area (Å²) in [5, 5.41) is 33.7. The number of aliphatic hydroxyl groups is 1. The van der Waals surface area contributed by atoms with Crippen LogP contribution in [0.4, 0.5) is 0 Å². The van der Waals surface area contributed by atoms with Crippen molar-refractivity contribution in [3.05, 3.63) is 35.9 Å². The Morgan fingerprint density at radius 1 is 0.792 bits per heavy atom. The molecule has 6 atom stereocenters. The lowest BCUT2D eigenvalue weighted by atomic mass is 9.95. The van der Waals surface area contributed by atoms with Gasteiger partial charge in [-0.2, -0.15) is 0 Å². The Hall–Kier alpha value is -4.00. The summed E-state index contributed by atoms with van der Waals surface area (Å²) in [6, 6.07) is 5.04. The molecule has 0 unspecified atom stereocenters. The molecule has 7 N–H and O–H groups in total. The highest BCUT2D eigenvalue weighted by Crippen LogP contribution is 2.16. The predicted octanol–water partition coefficient (Wildman–Crippen LogP) is 2.97. The van der Waals surface area contributed by atoms with Gasteiger partial charge >= 0.3 is 5.97 Å². The molecule has 1 aromatic rings. The molecule has 0 spiro atoms. The van der Waals surface area contributed by atoms with Crippen LogP contribution in [0, 0.1) is 11.8 Å². The first-order valence-corrected chi connectivity index (χ1v) is 16.7. The Morgan fingerprint density at radius 2 is 1.44 bits per heavy atom. The van der Waals surface area contributed by atoms with Crippen molar-refractivity contribution in [2.45, 2.75) is 131 Å². The minimum Gasteiger partial charge on any atom is -0.481 e. The fourth-order valence-electron chi connectivity index (χ4n) is 5.04. The molecule has 1 aromatic carbocycles. The number of carboxylic acids is 1. The molecule has 0 saturated heterocycles. The van der Waals surface area contributed by atoms with Gasteiger partial charge in [-0.25, -0.2) is 0 Å². The third kappa shape index (κ3) is 16.2. The topological polar surface area (TPSA) is 203 Å². The second kappa shape index (κ2) is 23.3. The average Bonchev–Trinajstić information content (AvgIpc) is 3.01. The molecule has 48 heavy (non-hydrogen) atoms. The number of nitrogens with one attached hydrogen (secondary N) is 5. The van der Waals surface area contributed by atoms with E-state index in [9.17, 15) is 33.9 Å².